The molecule has 0 spiro atoms. The van der Waals surface area contributed by atoms with E-state index >= 15 is 0 Å². The number of nitrogens with two attached hydrogens (primary N) is 1. The minimum Gasteiger partial charge on any atom is -0.383 e. The van der Waals surface area contributed by atoms with Crippen LogP contribution in [0.1, 0.15) is 15.2 Å². The minimum absolute atomic E-state index is 0.0760. The van der Waals surface area contributed by atoms with E-state index in [1.54, 1.807) is 12.4 Å². The van der Waals surface area contributed by atoms with Crippen LogP contribution >= 0.6 is 11.3 Å². The fraction of sp³-hybridized carbons (Fsp3) is 0.333. The van der Waals surface area contributed by atoms with Crippen LogP contribution in [0, 0.1) is 0 Å². The van der Waals surface area contributed by atoms with Gasteiger partial charge in [0.15, 0.2) is 0 Å². The molecule has 0 bridgehead atoms. The Morgan fingerprint density at radius 2 is 2.04 bits per heavy atom. The number of sulfonamides is 1. The second-order valence-corrected chi connectivity index (χ2v) is 7.86. The van der Waals surface area contributed by atoms with Crippen LogP contribution in [0.3, 0.4) is 0 Å². The van der Waals surface area contributed by atoms with E-state index in [1.165, 1.54) is 22.9 Å². The van der Waals surface area contributed by atoms with Crippen molar-refractivity contribution in [3.05, 3.63) is 46.4 Å². The molecule has 130 valence electrons. The van der Waals surface area contributed by atoms with Crippen molar-refractivity contribution in [1.29, 1.82) is 0 Å². The number of amides is 1. The normalized spacial score (nSPS) is 11.8. The van der Waals surface area contributed by atoms with Gasteiger partial charge in [-0.3, -0.25) is 9.78 Å². The Morgan fingerprint density at radius 1 is 1.33 bits per heavy atom. The highest BCUT2D eigenvalue weighted by molar-refractivity contribution is 7.89. The number of nitrogens with zero attached hydrogens (tertiary/aromatic N) is 2. The molecule has 0 fully saturated rings. The summed E-state index contributed by atoms with van der Waals surface area (Å²) in [6, 6.07) is 5.00. The van der Waals surface area contributed by atoms with Gasteiger partial charge in [0.25, 0.3) is 5.91 Å². The van der Waals surface area contributed by atoms with Gasteiger partial charge in [0.1, 0.15) is 0 Å². The highest BCUT2D eigenvalue weighted by Gasteiger charge is 2.26. The van der Waals surface area contributed by atoms with Gasteiger partial charge in [-0.05, 0) is 30.2 Å². The molecule has 0 radical (unpaired) electrons. The van der Waals surface area contributed by atoms with Gasteiger partial charge in [-0.2, -0.15) is 4.31 Å². The number of aromatic nitrogens is 1. The van der Waals surface area contributed by atoms with Crippen molar-refractivity contribution >= 4 is 27.3 Å². The Labute approximate surface area is 145 Å². The average Bonchev–Trinajstić information content (AvgIpc) is 3.07. The zero-order valence-corrected chi connectivity index (χ0v) is 14.8. The highest BCUT2D eigenvalue weighted by atomic mass is 32.2. The van der Waals surface area contributed by atoms with Crippen molar-refractivity contribution < 1.29 is 17.9 Å². The summed E-state index contributed by atoms with van der Waals surface area (Å²) in [5.41, 5.74) is 6.19. The first-order valence-corrected chi connectivity index (χ1v) is 9.53. The van der Waals surface area contributed by atoms with E-state index in [0.717, 1.165) is 16.9 Å². The lowest BCUT2D eigenvalue weighted by molar-refractivity contribution is 0.100. The molecule has 0 atom stereocenters. The Kier molecular flexibility index (Phi) is 6.44. The molecule has 9 heteroatoms. The zero-order valence-electron chi connectivity index (χ0n) is 13.2. The van der Waals surface area contributed by atoms with Crippen molar-refractivity contribution in [3.8, 4) is 0 Å². The van der Waals surface area contributed by atoms with Crippen molar-refractivity contribution in [2.75, 3.05) is 26.8 Å². The van der Waals surface area contributed by atoms with E-state index in [1.807, 2.05) is 12.1 Å². The van der Waals surface area contributed by atoms with Gasteiger partial charge in [0, 0.05) is 38.0 Å². The summed E-state index contributed by atoms with van der Waals surface area (Å²) in [4.78, 5) is 15.4. The SMILES string of the molecule is COCCN(CCc1ccncc1)S(=O)(=O)c1csc(C(N)=O)c1. The first-order valence-electron chi connectivity index (χ1n) is 7.21. The molecule has 0 saturated carbocycles. The molecule has 2 aromatic rings. The quantitative estimate of drug-likeness (QED) is 0.713. The van der Waals surface area contributed by atoms with Gasteiger partial charge in [-0.25, -0.2) is 8.42 Å². The van der Waals surface area contributed by atoms with Gasteiger partial charge in [-0.1, -0.05) is 0 Å². The van der Waals surface area contributed by atoms with Crippen LogP contribution < -0.4 is 5.73 Å². The molecule has 2 rings (SSSR count). The molecule has 0 aliphatic rings. The van der Waals surface area contributed by atoms with E-state index in [9.17, 15) is 13.2 Å². The number of hydrogen-bond acceptors (Lipinski definition) is 6. The van der Waals surface area contributed by atoms with E-state index in [2.05, 4.69) is 4.98 Å². The fourth-order valence-electron chi connectivity index (χ4n) is 2.08. The third kappa shape index (κ3) is 4.60. The number of hydrogen-bond donors (Lipinski definition) is 1. The number of carbonyl (C=O) groups is 1. The smallest absolute Gasteiger partial charge is 0.258 e. The van der Waals surface area contributed by atoms with Crippen LogP contribution in [0.15, 0.2) is 40.9 Å². The number of rotatable bonds is 9. The Hall–Kier alpha value is -1.81. The molecule has 0 unspecified atom stereocenters. The number of pyridine rings is 1. The lowest BCUT2D eigenvalue weighted by atomic mass is 10.2. The summed E-state index contributed by atoms with van der Waals surface area (Å²) in [6.45, 7) is 0.811. The first kappa shape index (κ1) is 18.5. The summed E-state index contributed by atoms with van der Waals surface area (Å²) in [5.74, 6) is -0.637. The van der Waals surface area contributed by atoms with Crippen LogP contribution in [-0.4, -0.2) is 50.4 Å². The lowest BCUT2D eigenvalue weighted by Crippen LogP contribution is -2.35. The van der Waals surface area contributed by atoms with E-state index in [4.69, 9.17) is 10.5 Å². The zero-order chi connectivity index (χ0) is 17.6. The van der Waals surface area contributed by atoms with Crippen LogP contribution in [0.25, 0.3) is 0 Å². The number of primary amides is 1. The molecule has 0 aromatic carbocycles. The second kappa shape index (κ2) is 8.34. The summed E-state index contributed by atoms with van der Waals surface area (Å²) >= 11 is 1.02. The molecule has 2 N–H and O–H groups in total. The first-order chi connectivity index (χ1) is 11.4. The summed E-state index contributed by atoms with van der Waals surface area (Å²) in [7, 11) is -2.20. The standard InChI is InChI=1S/C15H19N3O4S2/c1-22-9-8-18(7-4-12-2-5-17-6-3-12)24(20,21)13-10-14(15(16)19)23-11-13/h2-3,5-6,10-11H,4,7-9H2,1H3,(H2,16,19). The number of carbonyl (C=O) groups excluding carboxylic acids is 1. The maximum Gasteiger partial charge on any atom is 0.258 e. The predicted octanol–water partition coefficient (Wildman–Crippen LogP) is 1.12. The van der Waals surface area contributed by atoms with E-state index in [0.29, 0.717) is 13.0 Å². The van der Waals surface area contributed by atoms with Crippen LogP contribution in [0.4, 0.5) is 0 Å². The van der Waals surface area contributed by atoms with E-state index < -0.39 is 15.9 Å². The lowest BCUT2D eigenvalue weighted by Gasteiger charge is -2.21. The number of thiophene rings is 1. The third-order valence-corrected chi connectivity index (χ3v) is 6.37. The molecule has 2 heterocycles. The van der Waals surface area contributed by atoms with Gasteiger partial charge >= 0.3 is 0 Å². The summed E-state index contributed by atoms with van der Waals surface area (Å²) in [6.07, 6.45) is 3.89. The highest BCUT2D eigenvalue weighted by Crippen LogP contribution is 2.22. The largest absolute Gasteiger partial charge is 0.383 e. The molecule has 0 saturated heterocycles. The van der Waals surface area contributed by atoms with Gasteiger partial charge in [0.05, 0.1) is 16.4 Å². The molecule has 0 aliphatic heterocycles. The predicted molar refractivity (Wildman–Crippen MR) is 91.4 cm³/mol. The topological polar surface area (TPSA) is 103 Å². The summed E-state index contributed by atoms with van der Waals surface area (Å²) in [5, 5.41) is 1.43. The molecule has 24 heavy (non-hydrogen) atoms. The third-order valence-electron chi connectivity index (χ3n) is 3.40. The van der Waals surface area contributed by atoms with E-state index in [-0.39, 0.29) is 22.9 Å². The molecule has 0 aliphatic carbocycles. The molecule has 1 amide bonds. The average molecular weight is 369 g/mol. The molecule has 7 nitrogen and oxygen atoms in total. The van der Waals surface area contributed by atoms with Crippen molar-refractivity contribution in [2.24, 2.45) is 5.73 Å². The molecular formula is C15H19N3O4S2. The Balaban J connectivity index is 2.19. The summed E-state index contributed by atoms with van der Waals surface area (Å²) < 4.78 is 32.0. The van der Waals surface area contributed by atoms with Crippen molar-refractivity contribution in [2.45, 2.75) is 11.3 Å². The van der Waals surface area contributed by atoms with Crippen LogP contribution in [0.5, 0.6) is 0 Å². The van der Waals surface area contributed by atoms with Crippen molar-refractivity contribution in [3.63, 3.8) is 0 Å². The second-order valence-electron chi connectivity index (χ2n) is 5.01. The number of ether oxygens (including phenoxy) is 1. The minimum atomic E-state index is -3.72. The Morgan fingerprint density at radius 3 is 2.62 bits per heavy atom. The maximum absolute atomic E-state index is 12.8. The number of methoxy groups -OCH3 is 1. The molecule has 2 aromatic heterocycles. The van der Waals surface area contributed by atoms with Crippen LogP contribution in [0.2, 0.25) is 0 Å². The van der Waals surface area contributed by atoms with Crippen LogP contribution in [-0.2, 0) is 21.2 Å². The molecular weight excluding hydrogens is 350 g/mol. The van der Waals surface area contributed by atoms with Gasteiger partial charge in [-0.15, -0.1) is 11.3 Å². The monoisotopic (exact) mass is 369 g/mol. The van der Waals surface area contributed by atoms with Crippen molar-refractivity contribution in [1.82, 2.24) is 9.29 Å². The fourth-order valence-corrected chi connectivity index (χ4v) is 4.62. The van der Waals surface area contributed by atoms with Gasteiger partial charge in [0.2, 0.25) is 10.0 Å². The Bertz CT molecular complexity index is 775. The van der Waals surface area contributed by atoms with Gasteiger partial charge < -0.3 is 10.5 Å². The maximum atomic E-state index is 12.8.